The van der Waals surface area contributed by atoms with Gasteiger partial charge in [-0.05, 0) is 69.2 Å². The number of benzene rings is 3. The third-order valence-electron chi connectivity index (χ3n) is 6.33. The van der Waals surface area contributed by atoms with Crippen LogP contribution in [0.4, 0.5) is 5.69 Å². The van der Waals surface area contributed by atoms with Gasteiger partial charge in [-0.3, -0.25) is 13.9 Å². The van der Waals surface area contributed by atoms with Crippen LogP contribution >= 0.6 is 15.9 Å². The van der Waals surface area contributed by atoms with E-state index in [-0.39, 0.29) is 23.4 Å². The lowest BCUT2D eigenvalue weighted by atomic mass is 10.1. The zero-order valence-electron chi connectivity index (χ0n) is 22.1. The minimum absolute atomic E-state index is 0.0569. The van der Waals surface area contributed by atoms with E-state index >= 15 is 0 Å². The molecule has 0 bridgehead atoms. The molecule has 38 heavy (non-hydrogen) atoms. The minimum atomic E-state index is -4.07. The van der Waals surface area contributed by atoms with E-state index in [1.54, 1.807) is 49.4 Å². The highest BCUT2D eigenvalue weighted by Gasteiger charge is 2.32. The number of nitrogens with zero attached hydrogens (tertiary/aromatic N) is 2. The Labute approximate surface area is 234 Å². The predicted octanol–water partition coefficient (Wildman–Crippen LogP) is 5.28. The molecular weight excluding hydrogens is 566 g/mol. The van der Waals surface area contributed by atoms with Crippen LogP contribution in [0.25, 0.3) is 0 Å². The minimum Gasteiger partial charge on any atom is -0.352 e. The van der Waals surface area contributed by atoms with Gasteiger partial charge in [0.1, 0.15) is 12.6 Å². The van der Waals surface area contributed by atoms with Crippen molar-refractivity contribution in [1.29, 1.82) is 0 Å². The molecule has 0 fully saturated rings. The molecule has 3 aromatic carbocycles. The molecule has 202 valence electrons. The fraction of sp³-hybridized carbons (Fsp3) is 0.310. The highest BCUT2D eigenvalue weighted by Crippen LogP contribution is 2.26. The molecule has 0 aliphatic heterocycles. The molecule has 0 aliphatic rings. The Balaban J connectivity index is 2.01. The smallest absolute Gasteiger partial charge is 0.264 e. The number of halogens is 1. The highest BCUT2D eigenvalue weighted by atomic mass is 79.9. The van der Waals surface area contributed by atoms with Gasteiger partial charge < -0.3 is 10.2 Å². The van der Waals surface area contributed by atoms with Crippen molar-refractivity contribution < 1.29 is 18.0 Å². The van der Waals surface area contributed by atoms with Gasteiger partial charge in [-0.2, -0.15) is 0 Å². The summed E-state index contributed by atoms with van der Waals surface area (Å²) in [5.74, 6) is -0.776. The lowest BCUT2D eigenvalue weighted by Gasteiger charge is -2.32. The fourth-order valence-corrected chi connectivity index (χ4v) is 5.61. The predicted molar refractivity (Wildman–Crippen MR) is 154 cm³/mol. The summed E-state index contributed by atoms with van der Waals surface area (Å²) >= 11 is 3.38. The molecule has 2 amide bonds. The number of hydrogen-bond acceptors (Lipinski definition) is 4. The van der Waals surface area contributed by atoms with E-state index in [1.165, 1.54) is 17.0 Å². The van der Waals surface area contributed by atoms with Crippen molar-refractivity contribution in [2.24, 2.45) is 0 Å². The van der Waals surface area contributed by atoms with E-state index in [0.29, 0.717) is 5.69 Å². The largest absolute Gasteiger partial charge is 0.352 e. The molecule has 0 heterocycles. The van der Waals surface area contributed by atoms with Crippen LogP contribution in [0.2, 0.25) is 0 Å². The molecule has 0 aliphatic carbocycles. The number of sulfonamides is 1. The molecule has 7 nitrogen and oxygen atoms in total. The van der Waals surface area contributed by atoms with Crippen LogP contribution < -0.4 is 9.62 Å². The lowest BCUT2D eigenvalue weighted by molar-refractivity contribution is -0.139. The maximum Gasteiger partial charge on any atom is 0.264 e. The number of anilines is 1. The summed E-state index contributed by atoms with van der Waals surface area (Å²) in [4.78, 5) is 28.5. The van der Waals surface area contributed by atoms with Gasteiger partial charge in [-0.25, -0.2) is 8.42 Å². The maximum atomic E-state index is 13.9. The summed E-state index contributed by atoms with van der Waals surface area (Å²) < 4.78 is 29.3. The van der Waals surface area contributed by atoms with Crippen molar-refractivity contribution >= 4 is 43.5 Å². The highest BCUT2D eigenvalue weighted by molar-refractivity contribution is 9.10. The fourth-order valence-electron chi connectivity index (χ4n) is 3.91. The SMILES string of the molecule is CC[C@H](C)NC(=O)[C@@H](C)N(Cc1cccc(C)c1)C(=O)CN(c1ccc(Br)cc1)S(=O)(=O)c1ccccc1. The summed E-state index contributed by atoms with van der Waals surface area (Å²) in [7, 11) is -4.07. The van der Waals surface area contributed by atoms with Crippen LogP contribution in [-0.4, -0.2) is 43.8 Å². The number of nitrogens with one attached hydrogen (secondary N) is 1. The van der Waals surface area contributed by atoms with Crippen LogP contribution in [0.5, 0.6) is 0 Å². The topological polar surface area (TPSA) is 86.8 Å². The van der Waals surface area contributed by atoms with Gasteiger partial charge in [0, 0.05) is 17.1 Å². The number of hydrogen-bond donors (Lipinski definition) is 1. The van der Waals surface area contributed by atoms with E-state index in [2.05, 4.69) is 21.2 Å². The Bertz CT molecular complexity index is 1350. The first-order valence-electron chi connectivity index (χ1n) is 12.5. The quantitative estimate of drug-likeness (QED) is 0.324. The van der Waals surface area contributed by atoms with Crippen LogP contribution in [0, 0.1) is 6.92 Å². The standard InChI is InChI=1S/C29H34BrN3O4S/c1-5-22(3)31-29(35)23(4)32(19-24-11-9-10-21(2)18-24)28(34)20-33(26-16-14-25(30)15-17-26)38(36,37)27-12-7-6-8-13-27/h6-18,22-23H,5,19-20H2,1-4H3,(H,31,35)/t22-,23+/m0/s1. The Morgan fingerprint density at radius 2 is 1.61 bits per heavy atom. The summed E-state index contributed by atoms with van der Waals surface area (Å²) in [5.41, 5.74) is 2.22. The summed E-state index contributed by atoms with van der Waals surface area (Å²) in [6.45, 7) is 7.19. The van der Waals surface area contributed by atoms with Gasteiger partial charge in [0.25, 0.3) is 10.0 Å². The molecule has 3 rings (SSSR count). The third-order valence-corrected chi connectivity index (χ3v) is 8.65. The van der Waals surface area contributed by atoms with Gasteiger partial charge in [0.05, 0.1) is 10.6 Å². The molecule has 0 saturated carbocycles. The molecule has 0 unspecified atom stereocenters. The Kier molecular flexibility index (Phi) is 10.1. The molecule has 2 atom stereocenters. The molecule has 0 spiro atoms. The van der Waals surface area contributed by atoms with E-state index in [1.807, 2.05) is 45.0 Å². The Morgan fingerprint density at radius 1 is 0.947 bits per heavy atom. The first-order chi connectivity index (χ1) is 18.0. The van der Waals surface area contributed by atoms with Crippen LogP contribution in [-0.2, 0) is 26.2 Å². The van der Waals surface area contributed by atoms with Crippen molar-refractivity contribution in [3.05, 3.63) is 94.5 Å². The summed E-state index contributed by atoms with van der Waals surface area (Å²) in [5, 5.41) is 2.94. The molecule has 0 saturated heterocycles. The van der Waals surface area contributed by atoms with Crippen molar-refractivity contribution in [1.82, 2.24) is 10.2 Å². The number of rotatable bonds is 11. The Hall–Kier alpha value is -3.17. The molecule has 0 aromatic heterocycles. The second kappa shape index (κ2) is 13.1. The van der Waals surface area contributed by atoms with Crippen molar-refractivity contribution in [2.45, 2.75) is 57.6 Å². The molecule has 0 radical (unpaired) electrons. The van der Waals surface area contributed by atoms with Crippen LogP contribution in [0.3, 0.4) is 0 Å². The van der Waals surface area contributed by atoms with E-state index in [9.17, 15) is 18.0 Å². The second-order valence-corrected chi connectivity index (χ2v) is 12.1. The van der Waals surface area contributed by atoms with Crippen molar-refractivity contribution in [3.63, 3.8) is 0 Å². The van der Waals surface area contributed by atoms with Gasteiger partial charge in [-0.15, -0.1) is 0 Å². The molecule has 3 aromatic rings. The van der Waals surface area contributed by atoms with Crippen LogP contribution in [0.1, 0.15) is 38.3 Å². The summed E-state index contributed by atoms with van der Waals surface area (Å²) in [6.07, 6.45) is 0.747. The zero-order chi connectivity index (χ0) is 27.9. The molecular formula is C29H34BrN3O4S. The summed E-state index contributed by atoms with van der Waals surface area (Å²) in [6, 6.07) is 21.5. The van der Waals surface area contributed by atoms with Crippen molar-refractivity contribution in [2.75, 3.05) is 10.8 Å². The number of carbonyl (C=O) groups is 2. The Morgan fingerprint density at radius 3 is 2.21 bits per heavy atom. The second-order valence-electron chi connectivity index (χ2n) is 9.31. The zero-order valence-corrected chi connectivity index (χ0v) is 24.5. The average molecular weight is 601 g/mol. The van der Waals surface area contributed by atoms with Gasteiger partial charge >= 0.3 is 0 Å². The van der Waals surface area contributed by atoms with Crippen LogP contribution in [0.15, 0.2) is 88.2 Å². The maximum absolute atomic E-state index is 13.9. The average Bonchev–Trinajstić information content (AvgIpc) is 2.90. The van der Waals surface area contributed by atoms with Gasteiger partial charge in [0.15, 0.2) is 0 Å². The normalized spacial score (nSPS) is 12.9. The van der Waals surface area contributed by atoms with E-state index in [0.717, 1.165) is 26.3 Å². The number of carbonyl (C=O) groups excluding carboxylic acids is 2. The number of amides is 2. The van der Waals surface area contributed by atoms with E-state index < -0.39 is 28.5 Å². The van der Waals surface area contributed by atoms with Gasteiger partial charge in [0.2, 0.25) is 11.8 Å². The third kappa shape index (κ3) is 7.45. The molecule has 9 heteroatoms. The lowest BCUT2D eigenvalue weighted by Crippen LogP contribution is -2.52. The van der Waals surface area contributed by atoms with Gasteiger partial charge in [-0.1, -0.05) is 70.9 Å². The monoisotopic (exact) mass is 599 g/mol. The molecule has 1 N–H and O–H groups in total. The first kappa shape index (κ1) is 29.4. The van der Waals surface area contributed by atoms with Crippen molar-refractivity contribution in [3.8, 4) is 0 Å². The number of aryl methyl sites for hydroxylation is 1. The van der Waals surface area contributed by atoms with E-state index in [4.69, 9.17) is 0 Å². The first-order valence-corrected chi connectivity index (χ1v) is 14.7.